The Balaban J connectivity index is 1.92. The minimum atomic E-state index is -0.813. The van der Waals surface area contributed by atoms with Crippen molar-refractivity contribution in [1.82, 2.24) is 4.98 Å². The van der Waals surface area contributed by atoms with Crippen molar-refractivity contribution >= 4 is 34.7 Å². The number of ether oxygens (including phenoxy) is 1. The van der Waals surface area contributed by atoms with E-state index in [0.717, 1.165) is 5.56 Å². The number of halogens is 1. The smallest absolute Gasteiger partial charge is 0.300 e. The van der Waals surface area contributed by atoms with Crippen LogP contribution in [0.5, 0.6) is 5.75 Å². The number of nitrogens with zero attached hydrogens (tertiary/aromatic N) is 2. The number of anilines is 1. The quantitative estimate of drug-likeness (QED) is 0.366. The summed E-state index contributed by atoms with van der Waals surface area (Å²) in [5, 5.41) is 11.6. The first-order valence-electron chi connectivity index (χ1n) is 9.54. The third kappa shape index (κ3) is 3.66. The fraction of sp³-hybridized carbons (Fsp3) is 0.125. The van der Waals surface area contributed by atoms with Gasteiger partial charge in [-0.05, 0) is 72.6 Å². The molecule has 0 saturated carbocycles. The molecule has 31 heavy (non-hydrogen) atoms. The van der Waals surface area contributed by atoms with Crippen molar-refractivity contribution < 1.29 is 19.4 Å². The van der Waals surface area contributed by atoms with Gasteiger partial charge < -0.3 is 9.84 Å². The number of carbonyl (C=O) groups is 2. The van der Waals surface area contributed by atoms with Gasteiger partial charge in [-0.3, -0.25) is 19.5 Å². The van der Waals surface area contributed by atoms with Crippen molar-refractivity contribution in [3.8, 4) is 5.75 Å². The van der Waals surface area contributed by atoms with E-state index in [2.05, 4.69) is 4.98 Å². The summed E-state index contributed by atoms with van der Waals surface area (Å²) in [6, 6.07) is 14.3. The number of hydrogen-bond acceptors (Lipinski definition) is 5. The molecule has 1 aliphatic rings. The predicted molar refractivity (Wildman–Crippen MR) is 118 cm³/mol. The van der Waals surface area contributed by atoms with Gasteiger partial charge in [-0.15, -0.1) is 0 Å². The molecule has 1 fully saturated rings. The molecule has 0 radical (unpaired) electrons. The van der Waals surface area contributed by atoms with Crippen LogP contribution in [-0.4, -0.2) is 28.9 Å². The van der Waals surface area contributed by atoms with Crippen LogP contribution in [0.25, 0.3) is 5.76 Å². The van der Waals surface area contributed by atoms with Crippen molar-refractivity contribution in [1.29, 1.82) is 0 Å². The number of rotatable bonds is 4. The number of Topliss-reactive ketones (excluding diaryl/α,β-unsaturated/α-hetero) is 1. The molecule has 4 rings (SSSR count). The highest BCUT2D eigenvalue weighted by atomic mass is 35.5. The average Bonchev–Trinajstić information content (AvgIpc) is 3.05. The van der Waals surface area contributed by atoms with Gasteiger partial charge in [-0.2, -0.15) is 0 Å². The summed E-state index contributed by atoms with van der Waals surface area (Å²) in [5.41, 5.74) is 2.37. The minimum absolute atomic E-state index is 0.00992. The summed E-state index contributed by atoms with van der Waals surface area (Å²) in [6.45, 7) is 1.84. The molecular formula is C24H19ClN2O4. The van der Waals surface area contributed by atoms with E-state index < -0.39 is 17.7 Å². The average molecular weight is 435 g/mol. The molecule has 2 aromatic carbocycles. The fourth-order valence-corrected chi connectivity index (χ4v) is 3.87. The fourth-order valence-electron chi connectivity index (χ4n) is 3.74. The largest absolute Gasteiger partial charge is 0.507 e. The number of aromatic nitrogens is 1. The molecule has 1 aliphatic heterocycles. The number of methoxy groups -OCH3 is 1. The zero-order chi connectivity index (χ0) is 22.1. The summed E-state index contributed by atoms with van der Waals surface area (Å²) in [4.78, 5) is 31.5. The normalized spacial score (nSPS) is 17.8. The zero-order valence-corrected chi connectivity index (χ0v) is 17.6. The summed E-state index contributed by atoms with van der Waals surface area (Å²) >= 11 is 6.00. The lowest BCUT2D eigenvalue weighted by Crippen LogP contribution is -2.29. The monoisotopic (exact) mass is 434 g/mol. The Morgan fingerprint density at radius 1 is 1.06 bits per heavy atom. The van der Waals surface area contributed by atoms with Gasteiger partial charge in [0.2, 0.25) is 0 Å². The number of amides is 1. The number of hydrogen-bond donors (Lipinski definition) is 1. The maximum Gasteiger partial charge on any atom is 0.300 e. The molecule has 7 heteroatoms. The van der Waals surface area contributed by atoms with Gasteiger partial charge in [0.05, 0.1) is 18.7 Å². The molecular weight excluding hydrogens is 416 g/mol. The maximum absolute atomic E-state index is 13.1. The van der Waals surface area contributed by atoms with E-state index in [-0.39, 0.29) is 11.3 Å². The van der Waals surface area contributed by atoms with Gasteiger partial charge in [-0.25, -0.2) is 0 Å². The van der Waals surface area contributed by atoms with Crippen LogP contribution < -0.4 is 9.64 Å². The SMILES string of the molecule is COc1ccc(/C(O)=C2/C(=O)C(=O)N(c3ccc(Cl)cc3)C2c2ccncc2)cc1C. The Morgan fingerprint density at radius 3 is 2.35 bits per heavy atom. The van der Waals surface area contributed by atoms with E-state index in [1.807, 2.05) is 6.92 Å². The molecule has 156 valence electrons. The highest BCUT2D eigenvalue weighted by molar-refractivity contribution is 6.51. The molecule has 1 saturated heterocycles. The highest BCUT2D eigenvalue weighted by Crippen LogP contribution is 2.42. The van der Waals surface area contributed by atoms with Gasteiger partial charge in [0.1, 0.15) is 11.5 Å². The van der Waals surface area contributed by atoms with Crippen molar-refractivity contribution in [2.75, 3.05) is 12.0 Å². The second-order valence-corrected chi connectivity index (χ2v) is 7.55. The lowest BCUT2D eigenvalue weighted by Gasteiger charge is -2.25. The van der Waals surface area contributed by atoms with Crippen LogP contribution in [0.15, 0.2) is 72.6 Å². The summed E-state index contributed by atoms with van der Waals surface area (Å²) in [7, 11) is 1.56. The molecule has 1 unspecified atom stereocenters. The third-order valence-electron chi connectivity index (χ3n) is 5.24. The van der Waals surface area contributed by atoms with Crippen LogP contribution in [0.4, 0.5) is 5.69 Å². The van der Waals surface area contributed by atoms with E-state index in [1.165, 1.54) is 4.90 Å². The van der Waals surface area contributed by atoms with Crippen molar-refractivity contribution in [3.05, 3.63) is 94.3 Å². The van der Waals surface area contributed by atoms with Crippen LogP contribution in [-0.2, 0) is 9.59 Å². The first-order valence-corrected chi connectivity index (χ1v) is 9.91. The van der Waals surface area contributed by atoms with E-state index in [4.69, 9.17) is 16.3 Å². The number of aliphatic hydroxyl groups excluding tert-OH is 1. The Labute approximate surface area is 184 Å². The van der Waals surface area contributed by atoms with Crippen LogP contribution >= 0.6 is 11.6 Å². The van der Waals surface area contributed by atoms with Crippen LogP contribution in [0.1, 0.15) is 22.7 Å². The van der Waals surface area contributed by atoms with Crippen LogP contribution in [0.2, 0.25) is 5.02 Å². The second kappa shape index (κ2) is 8.24. The molecule has 6 nitrogen and oxygen atoms in total. The molecule has 1 aromatic heterocycles. The summed E-state index contributed by atoms with van der Waals surface area (Å²) in [5.74, 6) is -1.08. The first kappa shape index (κ1) is 20.6. The molecule has 0 aliphatic carbocycles. The van der Waals surface area contributed by atoms with Crippen LogP contribution in [0.3, 0.4) is 0 Å². The number of pyridine rings is 1. The molecule has 1 amide bonds. The Morgan fingerprint density at radius 2 is 1.74 bits per heavy atom. The van der Waals surface area contributed by atoms with Crippen molar-refractivity contribution in [2.45, 2.75) is 13.0 Å². The zero-order valence-electron chi connectivity index (χ0n) is 16.9. The predicted octanol–water partition coefficient (Wildman–Crippen LogP) is 4.68. The molecule has 0 spiro atoms. The van der Waals surface area contributed by atoms with Crippen molar-refractivity contribution in [3.63, 3.8) is 0 Å². The Bertz CT molecular complexity index is 1190. The minimum Gasteiger partial charge on any atom is -0.507 e. The highest BCUT2D eigenvalue weighted by Gasteiger charge is 2.46. The molecule has 0 bridgehead atoms. The number of aliphatic hydroxyl groups is 1. The number of carbonyl (C=O) groups excluding carboxylic acids is 2. The standard InChI is InChI=1S/C24H19ClN2O4/c1-14-13-16(3-8-19(14)31-2)22(28)20-21(15-9-11-26-12-10-15)27(24(30)23(20)29)18-6-4-17(25)5-7-18/h3-13,21,28H,1-2H3/b22-20-. The lowest BCUT2D eigenvalue weighted by atomic mass is 9.95. The van der Waals surface area contributed by atoms with Gasteiger partial charge in [0, 0.05) is 28.7 Å². The van der Waals surface area contributed by atoms with E-state index in [1.54, 1.807) is 74.1 Å². The summed E-state index contributed by atoms with van der Waals surface area (Å²) in [6.07, 6.45) is 3.16. The van der Waals surface area contributed by atoms with E-state index in [9.17, 15) is 14.7 Å². The molecule has 1 N–H and O–H groups in total. The first-order chi connectivity index (χ1) is 14.9. The van der Waals surface area contributed by atoms with Gasteiger partial charge >= 0.3 is 0 Å². The number of benzene rings is 2. The molecule has 1 atom stereocenters. The lowest BCUT2D eigenvalue weighted by molar-refractivity contribution is -0.132. The third-order valence-corrected chi connectivity index (χ3v) is 5.49. The molecule has 2 heterocycles. The van der Waals surface area contributed by atoms with Crippen LogP contribution in [0, 0.1) is 6.92 Å². The summed E-state index contributed by atoms with van der Waals surface area (Å²) < 4.78 is 5.27. The second-order valence-electron chi connectivity index (χ2n) is 7.11. The maximum atomic E-state index is 13.1. The van der Waals surface area contributed by atoms with Gasteiger partial charge in [0.25, 0.3) is 11.7 Å². The van der Waals surface area contributed by atoms with Gasteiger partial charge in [0.15, 0.2) is 0 Å². The number of aryl methyl sites for hydroxylation is 1. The Kier molecular flexibility index (Phi) is 5.48. The van der Waals surface area contributed by atoms with E-state index >= 15 is 0 Å². The Hall–Kier alpha value is -3.64. The topological polar surface area (TPSA) is 79.7 Å². The van der Waals surface area contributed by atoms with E-state index in [0.29, 0.717) is 27.6 Å². The van der Waals surface area contributed by atoms with Crippen molar-refractivity contribution in [2.24, 2.45) is 0 Å². The van der Waals surface area contributed by atoms with Gasteiger partial charge in [-0.1, -0.05) is 11.6 Å². The number of ketones is 1. The molecule has 3 aromatic rings.